The van der Waals surface area contributed by atoms with Crippen molar-refractivity contribution in [3.8, 4) is 0 Å². The maximum absolute atomic E-state index is 12.5. The molecule has 0 saturated heterocycles. The molecule has 0 radical (unpaired) electrons. The van der Waals surface area contributed by atoms with Crippen LogP contribution in [0.1, 0.15) is 0 Å². The maximum atomic E-state index is 12.5. The first-order valence-electron chi connectivity index (χ1n) is 2.92. The molecule has 1 atom stereocenters. The highest BCUT2D eigenvalue weighted by atomic mass is 79.9. The van der Waals surface area contributed by atoms with Gasteiger partial charge in [0.05, 0.1) is 33.1 Å². The molecule has 0 saturated carbocycles. The third-order valence-electron chi connectivity index (χ3n) is 1.14. The van der Waals surface area contributed by atoms with Crippen molar-refractivity contribution in [1.29, 1.82) is 0 Å². The van der Waals surface area contributed by atoms with Crippen molar-refractivity contribution in [2.24, 2.45) is 0 Å². The summed E-state index contributed by atoms with van der Waals surface area (Å²) in [6.45, 7) is 0. The molecule has 1 aromatic rings. The van der Waals surface area contributed by atoms with Gasteiger partial charge >= 0.3 is 0 Å². The van der Waals surface area contributed by atoms with Crippen molar-refractivity contribution in [2.45, 2.75) is 0 Å². The molecule has 12 heavy (non-hydrogen) atoms. The number of nitrogens with zero attached hydrogens (tertiary/aromatic N) is 1. The van der Waals surface area contributed by atoms with E-state index in [1.165, 1.54) is 18.2 Å². The molecule has 3 nitrogen and oxygen atoms in total. The van der Waals surface area contributed by atoms with Crippen molar-refractivity contribution in [3.63, 3.8) is 0 Å². The zero-order valence-electron chi connectivity index (χ0n) is 5.74. The third-order valence-corrected chi connectivity index (χ3v) is 2.73. The highest BCUT2D eigenvalue weighted by molar-refractivity contribution is 9.11. The van der Waals surface area contributed by atoms with Crippen LogP contribution in [0.3, 0.4) is 0 Å². The number of anilines is 1. The van der Waals surface area contributed by atoms with Gasteiger partial charge in [0.25, 0.3) is 0 Å². The normalized spacial score (nSPS) is 12.6. The summed E-state index contributed by atoms with van der Waals surface area (Å²) >= 11 is 0.302. The van der Waals surface area contributed by atoms with Crippen molar-refractivity contribution < 1.29 is 13.2 Å². The summed E-state index contributed by atoms with van der Waals surface area (Å²) in [5, 5.41) is 0. The molecule has 0 aliphatic rings. The number of rotatable bonds is 2. The molecule has 0 bridgehead atoms. The maximum Gasteiger partial charge on any atom is 0.125 e. The Bertz CT molecular complexity index is 309. The van der Waals surface area contributed by atoms with E-state index in [-0.39, 0.29) is 5.69 Å². The molecular formula is C6H4BrFNO2S-. The Kier molecular flexibility index (Phi) is 3.19. The summed E-state index contributed by atoms with van der Waals surface area (Å²) < 4.78 is 34.0. The summed E-state index contributed by atoms with van der Waals surface area (Å²) in [4.78, 5) is 0. The third kappa shape index (κ3) is 2.26. The van der Waals surface area contributed by atoms with Crippen LogP contribution in [0.2, 0.25) is 0 Å². The lowest BCUT2D eigenvalue weighted by molar-refractivity contribution is 0.540. The molecule has 66 valence electrons. The predicted octanol–water partition coefficient (Wildman–Crippen LogP) is 1.74. The summed E-state index contributed by atoms with van der Waals surface area (Å²) in [6.07, 6.45) is 0. The fraction of sp³-hybridized carbons (Fsp3) is 0. The Balaban J connectivity index is 2.95. The van der Waals surface area contributed by atoms with Gasteiger partial charge in [-0.15, -0.1) is 0 Å². The van der Waals surface area contributed by atoms with E-state index in [1.807, 2.05) is 0 Å². The standard InChI is InChI=1S/C6H5BrFNO2S/c7-9(12(10)11)6-3-1-2-5(8)4-6/h1-4H,(H,10,11)/p-1. The first-order chi connectivity index (χ1) is 5.61. The second-order valence-corrected chi connectivity index (χ2v) is 3.92. The summed E-state index contributed by atoms with van der Waals surface area (Å²) in [6, 6.07) is 5.22. The van der Waals surface area contributed by atoms with Gasteiger partial charge in [-0.05, 0) is 18.2 Å². The first kappa shape index (κ1) is 9.63. The fourth-order valence-corrected chi connectivity index (χ4v) is 1.18. The molecule has 6 heteroatoms. The summed E-state index contributed by atoms with van der Waals surface area (Å²) in [5.41, 5.74) is 0.225. The Morgan fingerprint density at radius 3 is 2.75 bits per heavy atom. The van der Waals surface area contributed by atoms with Crippen LogP contribution in [-0.4, -0.2) is 8.76 Å². The zero-order chi connectivity index (χ0) is 9.14. The number of benzene rings is 1. The molecule has 0 aromatic heterocycles. The fourth-order valence-electron chi connectivity index (χ4n) is 0.672. The van der Waals surface area contributed by atoms with Crippen LogP contribution in [-0.2, 0) is 11.3 Å². The van der Waals surface area contributed by atoms with E-state index >= 15 is 0 Å². The van der Waals surface area contributed by atoms with Crippen LogP contribution in [0, 0.1) is 5.82 Å². The number of halogens is 2. The number of hydrogen-bond donors (Lipinski definition) is 0. The van der Waals surface area contributed by atoms with E-state index in [0.29, 0.717) is 0 Å². The van der Waals surface area contributed by atoms with Gasteiger partial charge in [-0.25, -0.2) is 7.72 Å². The van der Waals surface area contributed by atoms with Crippen LogP contribution < -0.4 is 3.33 Å². The smallest absolute Gasteiger partial charge is 0.125 e. The molecular weight excluding hydrogens is 249 g/mol. The molecule has 0 aliphatic heterocycles. The van der Waals surface area contributed by atoms with Gasteiger partial charge in [-0.2, -0.15) is 0 Å². The van der Waals surface area contributed by atoms with E-state index in [1.54, 1.807) is 0 Å². The average molecular weight is 253 g/mol. The molecule has 0 spiro atoms. The number of hydrogen-bond acceptors (Lipinski definition) is 2. The van der Waals surface area contributed by atoms with Crippen molar-refractivity contribution in [3.05, 3.63) is 30.1 Å². The summed E-state index contributed by atoms with van der Waals surface area (Å²) in [7, 11) is 0. The first-order valence-corrected chi connectivity index (χ1v) is 4.66. The molecule has 1 aromatic carbocycles. The van der Waals surface area contributed by atoms with E-state index < -0.39 is 17.1 Å². The summed E-state index contributed by atoms with van der Waals surface area (Å²) in [5.74, 6) is -0.484. The SMILES string of the molecule is O=S([O-])N(Br)c1cccc(F)c1. The van der Waals surface area contributed by atoms with Gasteiger partial charge in [0.15, 0.2) is 0 Å². The van der Waals surface area contributed by atoms with Crippen LogP contribution in [0.15, 0.2) is 24.3 Å². The van der Waals surface area contributed by atoms with Gasteiger partial charge in [0, 0.05) is 0 Å². The Morgan fingerprint density at radius 2 is 2.25 bits per heavy atom. The van der Waals surface area contributed by atoms with Crippen molar-refractivity contribution >= 4 is 33.1 Å². The van der Waals surface area contributed by atoms with E-state index in [9.17, 15) is 13.2 Å². The highest BCUT2D eigenvalue weighted by Gasteiger charge is 2.02. The lowest BCUT2D eigenvalue weighted by atomic mass is 10.3. The molecule has 0 N–H and O–H groups in total. The molecule has 0 heterocycles. The molecule has 0 amide bonds. The van der Waals surface area contributed by atoms with Gasteiger partial charge in [-0.1, -0.05) is 6.07 Å². The Morgan fingerprint density at radius 1 is 1.58 bits per heavy atom. The molecule has 0 aliphatic carbocycles. The monoisotopic (exact) mass is 252 g/mol. The lowest BCUT2D eigenvalue weighted by Gasteiger charge is -2.17. The van der Waals surface area contributed by atoms with Crippen LogP contribution in [0.25, 0.3) is 0 Å². The van der Waals surface area contributed by atoms with Crippen LogP contribution in [0.4, 0.5) is 10.1 Å². The molecule has 0 fully saturated rings. The second kappa shape index (κ2) is 3.97. The van der Waals surface area contributed by atoms with E-state index in [2.05, 4.69) is 16.1 Å². The highest BCUT2D eigenvalue weighted by Crippen LogP contribution is 2.19. The van der Waals surface area contributed by atoms with Gasteiger partial charge < -0.3 is 4.55 Å². The minimum atomic E-state index is -2.44. The van der Waals surface area contributed by atoms with Crippen LogP contribution in [0.5, 0.6) is 0 Å². The minimum absolute atomic E-state index is 0.225. The Labute approximate surface area is 79.9 Å². The quantitative estimate of drug-likeness (QED) is 0.595. The molecule has 1 rings (SSSR count). The lowest BCUT2D eigenvalue weighted by Crippen LogP contribution is -2.11. The van der Waals surface area contributed by atoms with Gasteiger partial charge in [0.2, 0.25) is 0 Å². The van der Waals surface area contributed by atoms with Gasteiger partial charge in [0.1, 0.15) is 5.82 Å². The van der Waals surface area contributed by atoms with Crippen molar-refractivity contribution in [2.75, 3.05) is 3.33 Å². The minimum Gasteiger partial charge on any atom is -0.754 e. The van der Waals surface area contributed by atoms with E-state index in [4.69, 9.17) is 0 Å². The topological polar surface area (TPSA) is 43.4 Å². The predicted molar refractivity (Wildman–Crippen MR) is 46.7 cm³/mol. The Hall–Kier alpha value is -0.460. The van der Waals surface area contributed by atoms with Crippen LogP contribution >= 0.6 is 16.1 Å². The molecule has 1 unspecified atom stereocenters. The second-order valence-electron chi connectivity index (χ2n) is 1.94. The average Bonchev–Trinajstić information content (AvgIpc) is 2.03. The largest absolute Gasteiger partial charge is 0.754 e. The van der Waals surface area contributed by atoms with Gasteiger partial charge in [-0.3, -0.25) is 4.21 Å². The van der Waals surface area contributed by atoms with E-state index in [0.717, 1.165) is 9.40 Å². The zero-order valence-corrected chi connectivity index (χ0v) is 8.14. The van der Waals surface area contributed by atoms with Crippen molar-refractivity contribution in [1.82, 2.24) is 0 Å².